The van der Waals surface area contributed by atoms with Crippen molar-refractivity contribution in [1.29, 1.82) is 0 Å². The molecule has 1 aliphatic heterocycles. The van der Waals surface area contributed by atoms with E-state index in [1.807, 2.05) is 31.2 Å². The van der Waals surface area contributed by atoms with Crippen LogP contribution in [0.15, 0.2) is 48.5 Å². The number of hydrogen-bond donors (Lipinski definition) is 1. The van der Waals surface area contributed by atoms with Crippen LogP contribution in [0.25, 0.3) is 0 Å². The van der Waals surface area contributed by atoms with Gasteiger partial charge in [-0.05, 0) is 50.1 Å². The second kappa shape index (κ2) is 7.70. The number of carbonyl (C=O) groups is 2. The van der Waals surface area contributed by atoms with Crippen molar-refractivity contribution in [2.75, 3.05) is 18.4 Å². The van der Waals surface area contributed by atoms with E-state index in [4.69, 9.17) is 11.6 Å². The first-order valence-corrected chi connectivity index (χ1v) is 8.83. The standard InChI is InChI=1S/C20H21ClN2O2/c1-14-5-7-18(8-6-14)22-19(24)15-9-11-23(12-10-15)20(25)16-3-2-4-17(21)13-16/h2-8,13,15H,9-12H2,1H3,(H,22,24). The predicted octanol–water partition coefficient (Wildman–Crippen LogP) is 4.14. The van der Waals surface area contributed by atoms with Gasteiger partial charge in [0.1, 0.15) is 0 Å². The van der Waals surface area contributed by atoms with Crippen molar-refractivity contribution in [3.8, 4) is 0 Å². The van der Waals surface area contributed by atoms with Gasteiger partial charge < -0.3 is 10.2 Å². The number of amides is 2. The van der Waals surface area contributed by atoms with E-state index in [1.54, 1.807) is 29.2 Å². The van der Waals surface area contributed by atoms with Crippen molar-refractivity contribution in [2.24, 2.45) is 5.92 Å². The number of hydrogen-bond acceptors (Lipinski definition) is 2. The van der Waals surface area contributed by atoms with Gasteiger partial charge in [-0.15, -0.1) is 0 Å². The molecule has 0 unspecified atom stereocenters. The molecule has 2 aromatic rings. The van der Waals surface area contributed by atoms with Crippen molar-refractivity contribution >= 4 is 29.1 Å². The second-order valence-electron chi connectivity index (χ2n) is 6.43. The van der Waals surface area contributed by atoms with E-state index < -0.39 is 0 Å². The van der Waals surface area contributed by atoms with E-state index >= 15 is 0 Å². The van der Waals surface area contributed by atoms with Crippen LogP contribution in [0.3, 0.4) is 0 Å². The van der Waals surface area contributed by atoms with Gasteiger partial charge in [-0.25, -0.2) is 0 Å². The number of nitrogens with zero attached hydrogens (tertiary/aromatic N) is 1. The lowest BCUT2D eigenvalue weighted by Crippen LogP contribution is -2.41. The van der Waals surface area contributed by atoms with Crippen LogP contribution >= 0.6 is 11.6 Å². The Morgan fingerprint density at radius 3 is 2.40 bits per heavy atom. The van der Waals surface area contributed by atoms with Crippen molar-refractivity contribution in [2.45, 2.75) is 19.8 Å². The summed E-state index contributed by atoms with van der Waals surface area (Å²) in [6.45, 7) is 3.17. The summed E-state index contributed by atoms with van der Waals surface area (Å²) in [7, 11) is 0. The quantitative estimate of drug-likeness (QED) is 0.898. The SMILES string of the molecule is Cc1ccc(NC(=O)C2CCN(C(=O)c3cccc(Cl)c3)CC2)cc1. The van der Waals surface area contributed by atoms with Crippen LogP contribution in [-0.4, -0.2) is 29.8 Å². The third kappa shape index (κ3) is 4.40. The maximum absolute atomic E-state index is 12.5. The van der Waals surface area contributed by atoms with E-state index in [2.05, 4.69) is 5.32 Å². The average Bonchev–Trinajstić information content (AvgIpc) is 2.63. The van der Waals surface area contributed by atoms with Crippen LogP contribution < -0.4 is 5.32 Å². The molecule has 1 saturated heterocycles. The van der Waals surface area contributed by atoms with E-state index in [0.717, 1.165) is 11.3 Å². The monoisotopic (exact) mass is 356 g/mol. The molecule has 4 nitrogen and oxygen atoms in total. The summed E-state index contributed by atoms with van der Waals surface area (Å²) < 4.78 is 0. The molecule has 1 aliphatic rings. The number of anilines is 1. The van der Waals surface area contributed by atoms with Crippen molar-refractivity contribution in [3.63, 3.8) is 0 Å². The van der Waals surface area contributed by atoms with Crippen LogP contribution in [-0.2, 0) is 4.79 Å². The highest BCUT2D eigenvalue weighted by Gasteiger charge is 2.27. The summed E-state index contributed by atoms with van der Waals surface area (Å²) in [6, 6.07) is 14.7. The molecule has 0 atom stereocenters. The fraction of sp³-hybridized carbons (Fsp3) is 0.300. The van der Waals surface area contributed by atoms with Gasteiger partial charge in [-0.1, -0.05) is 35.4 Å². The van der Waals surface area contributed by atoms with Crippen LogP contribution in [0, 0.1) is 12.8 Å². The number of halogens is 1. The molecular weight excluding hydrogens is 336 g/mol. The van der Waals surface area contributed by atoms with E-state index in [0.29, 0.717) is 36.5 Å². The molecule has 0 spiro atoms. The smallest absolute Gasteiger partial charge is 0.253 e. The topological polar surface area (TPSA) is 49.4 Å². The highest BCUT2D eigenvalue weighted by atomic mass is 35.5. The molecule has 1 heterocycles. The minimum atomic E-state index is -0.0651. The number of nitrogens with one attached hydrogen (secondary N) is 1. The molecule has 5 heteroatoms. The van der Waals surface area contributed by atoms with Crippen molar-refractivity contribution < 1.29 is 9.59 Å². The van der Waals surface area contributed by atoms with Gasteiger partial charge in [0.05, 0.1) is 0 Å². The first-order valence-electron chi connectivity index (χ1n) is 8.45. The fourth-order valence-electron chi connectivity index (χ4n) is 3.03. The van der Waals surface area contributed by atoms with Crippen LogP contribution in [0.4, 0.5) is 5.69 Å². The normalized spacial score (nSPS) is 15.0. The summed E-state index contributed by atoms with van der Waals surface area (Å²) in [6.07, 6.45) is 1.34. The zero-order valence-corrected chi connectivity index (χ0v) is 14.9. The Morgan fingerprint density at radius 2 is 1.76 bits per heavy atom. The largest absolute Gasteiger partial charge is 0.339 e. The Kier molecular flexibility index (Phi) is 5.39. The van der Waals surface area contributed by atoms with Gasteiger partial charge in [0.15, 0.2) is 0 Å². The molecule has 130 valence electrons. The summed E-state index contributed by atoms with van der Waals surface area (Å²) in [5.74, 6) is -0.0664. The number of rotatable bonds is 3. The molecule has 0 radical (unpaired) electrons. The van der Waals surface area contributed by atoms with E-state index in [9.17, 15) is 9.59 Å². The van der Waals surface area contributed by atoms with Gasteiger partial charge in [0, 0.05) is 35.3 Å². The lowest BCUT2D eigenvalue weighted by atomic mass is 9.95. The molecule has 0 saturated carbocycles. The summed E-state index contributed by atoms with van der Waals surface area (Å²) >= 11 is 5.96. The first kappa shape index (κ1) is 17.5. The van der Waals surface area contributed by atoms with E-state index in [-0.39, 0.29) is 17.7 Å². The molecule has 0 aliphatic carbocycles. The maximum atomic E-state index is 12.5. The average molecular weight is 357 g/mol. The second-order valence-corrected chi connectivity index (χ2v) is 6.87. The summed E-state index contributed by atoms with van der Waals surface area (Å²) in [4.78, 5) is 26.7. The third-order valence-corrected chi connectivity index (χ3v) is 4.78. The predicted molar refractivity (Wildman–Crippen MR) is 99.9 cm³/mol. The molecule has 25 heavy (non-hydrogen) atoms. The third-order valence-electron chi connectivity index (χ3n) is 4.54. The number of benzene rings is 2. The Bertz CT molecular complexity index is 766. The van der Waals surface area contributed by atoms with Gasteiger partial charge in [0.2, 0.25) is 5.91 Å². The highest BCUT2D eigenvalue weighted by Crippen LogP contribution is 2.22. The van der Waals surface area contributed by atoms with Gasteiger partial charge >= 0.3 is 0 Å². The summed E-state index contributed by atoms with van der Waals surface area (Å²) in [5, 5.41) is 3.52. The van der Waals surface area contributed by atoms with Crippen molar-refractivity contribution in [3.05, 3.63) is 64.7 Å². The minimum absolute atomic E-state index is 0.0266. The molecule has 0 aromatic heterocycles. The van der Waals surface area contributed by atoms with Gasteiger partial charge in [-0.2, -0.15) is 0 Å². The van der Waals surface area contributed by atoms with Crippen molar-refractivity contribution in [1.82, 2.24) is 4.90 Å². The number of aryl methyl sites for hydroxylation is 1. The number of carbonyl (C=O) groups excluding carboxylic acids is 2. The Labute approximate surface area is 152 Å². The zero-order valence-electron chi connectivity index (χ0n) is 14.2. The molecule has 0 bridgehead atoms. The minimum Gasteiger partial charge on any atom is -0.339 e. The lowest BCUT2D eigenvalue weighted by molar-refractivity contribution is -0.121. The molecule has 2 amide bonds. The summed E-state index contributed by atoms with van der Waals surface area (Å²) in [5.41, 5.74) is 2.56. The van der Waals surface area contributed by atoms with Crippen LogP contribution in [0.2, 0.25) is 5.02 Å². The molecule has 1 fully saturated rings. The Morgan fingerprint density at radius 1 is 1.08 bits per heavy atom. The maximum Gasteiger partial charge on any atom is 0.253 e. The Balaban J connectivity index is 1.55. The molecule has 1 N–H and O–H groups in total. The van der Waals surface area contributed by atoms with Gasteiger partial charge in [-0.3, -0.25) is 9.59 Å². The fourth-order valence-corrected chi connectivity index (χ4v) is 3.22. The first-order chi connectivity index (χ1) is 12.0. The van der Waals surface area contributed by atoms with E-state index in [1.165, 1.54) is 0 Å². The lowest BCUT2D eigenvalue weighted by Gasteiger charge is -2.31. The van der Waals surface area contributed by atoms with Crippen LogP contribution in [0.1, 0.15) is 28.8 Å². The zero-order chi connectivity index (χ0) is 17.8. The number of likely N-dealkylation sites (tertiary alicyclic amines) is 1. The molecular formula is C20H21ClN2O2. The van der Waals surface area contributed by atoms with Gasteiger partial charge in [0.25, 0.3) is 5.91 Å². The Hall–Kier alpha value is -2.33. The molecule has 3 rings (SSSR count). The van der Waals surface area contributed by atoms with Crippen LogP contribution in [0.5, 0.6) is 0 Å². The highest BCUT2D eigenvalue weighted by molar-refractivity contribution is 6.30. The molecule has 2 aromatic carbocycles. The number of piperidine rings is 1.